The third kappa shape index (κ3) is 3.67. The van der Waals surface area contributed by atoms with Crippen LogP contribution >= 0.6 is 0 Å². The summed E-state index contributed by atoms with van der Waals surface area (Å²) in [6.07, 6.45) is 7.77. The summed E-state index contributed by atoms with van der Waals surface area (Å²) in [6.45, 7) is 8.88. The molecule has 1 N–H and O–H groups in total. The highest BCUT2D eigenvalue weighted by atomic mass is 16.5. The van der Waals surface area contributed by atoms with E-state index < -0.39 is 0 Å². The van der Waals surface area contributed by atoms with Gasteiger partial charge in [0.05, 0.1) is 24.2 Å². The highest BCUT2D eigenvalue weighted by molar-refractivity contribution is 5.48. The van der Waals surface area contributed by atoms with Gasteiger partial charge in [-0.05, 0) is 31.1 Å². The standard InChI is InChI=1S/C17H27N3O/c1-13-3-4-16(9-14(13)2)21-17-10-15(11-19-12-17)20-7-5-18-6-8-20/h10-14,16,18H,3-9H2,1-2H3. The molecule has 0 amide bonds. The summed E-state index contributed by atoms with van der Waals surface area (Å²) in [6, 6.07) is 2.15. The second-order valence-electron chi connectivity index (χ2n) is 6.62. The lowest BCUT2D eigenvalue weighted by Crippen LogP contribution is -2.43. The minimum Gasteiger partial charge on any atom is -0.489 e. The molecule has 3 unspecified atom stereocenters. The Kier molecular flexibility index (Phi) is 4.63. The third-order valence-electron chi connectivity index (χ3n) is 5.03. The lowest BCUT2D eigenvalue weighted by Gasteiger charge is -2.33. The van der Waals surface area contributed by atoms with E-state index in [-0.39, 0.29) is 0 Å². The molecule has 2 aliphatic rings. The van der Waals surface area contributed by atoms with E-state index in [0.29, 0.717) is 6.10 Å². The Labute approximate surface area is 127 Å². The Morgan fingerprint density at radius 1 is 1.14 bits per heavy atom. The Morgan fingerprint density at radius 2 is 1.95 bits per heavy atom. The highest BCUT2D eigenvalue weighted by Crippen LogP contribution is 2.32. The van der Waals surface area contributed by atoms with Gasteiger partial charge in [0.15, 0.2) is 0 Å². The van der Waals surface area contributed by atoms with Crippen molar-refractivity contribution in [1.29, 1.82) is 0 Å². The predicted octanol–water partition coefficient (Wildman–Crippen LogP) is 2.69. The number of nitrogens with one attached hydrogen (secondary N) is 1. The molecule has 0 bridgehead atoms. The molecule has 4 heteroatoms. The molecule has 4 nitrogen and oxygen atoms in total. The molecule has 1 aliphatic heterocycles. The smallest absolute Gasteiger partial charge is 0.140 e. The lowest BCUT2D eigenvalue weighted by molar-refractivity contribution is 0.100. The average Bonchev–Trinajstić information content (AvgIpc) is 2.52. The van der Waals surface area contributed by atoms with E-state index in [1.165, 1.54) is 24.9 Å². The second kappa shape index (κ2) is 6.65. The normalized spacial score (nSPS) is 30.2. The van der Waals surface area contributed by atoms with Crippen LogP contribution in [-0.4, -0.2) is 37.3 Å². The van der Waals surface area contributed by atoms with Gasteiger partial charge in [0, 0.05) is 32.2 Å². The van der Waals surface area contributed by atoms with Gasteiger partial charge in [0.2, 0.25) is 0 Å². The number of anilines is 1. The van der Waals surface area contributed by atoms with E-state index in [9.17, 15) is 0 Å². The van der Waals surface area contributed by atoms with Gasteiger partial charge >= 0.3 is 0 Å². The lowest BCUT2D eigenvalue weighted by atomic mass is 9.80. The highest BCUT2D eigenvalue weighted by Gasteiger charge is 2.26. The van der Waals surface area contributed by atoms with E-state index in [1.807, 2.05) is 12.4 Å². The molecule has 0 aromatic carbocycles. The van der Waals surface area contributed by atoms with Crippen LogP contribution in [0.4, 0.5) is 5.69 Å². The van der Waals surface area contributed by atoms with Crippen molar-refractivity contribution >= 4 is 5.69 Å². The number of hydrogen-bond acceptors (Lipinski definition) is 4. The fourth-order valence-electron chi connectivity index (χ4n) is 3.37. The largest absolute Gasteiger partial charge is 0.489 e. The van der Waals surface area contributed by atoms with Crippen LogP contribution in [-0.2, 0) is 0 Å². The van der Waals surface area contributed by atoms with E-state index in [1.54, 1.807) is 0 Å². The molecule has 0 radical (unpaired) electrons. The summed E-state index contributed by atoms with van der Waals surface area (Å²) in [5.74, 6) is 2.51. The number of piperazine rings is 1. The summed E-state index contributed by atoms with van der Waals surface area (Å²) in [7, 11) is 0. The molecule has 3 rings (SSSR count). The summed E-state index contributed by atoms with van der Waals surface area (Å²) in [5.41, 5.74) is 1.19. The SMILES string of the molecule is CC1CCC(Oc2cncc(N3CCNCC3)c2)CC1C. The van der Waals surface area contributed by atoms with Gasteiger partial charge in [-0.25, -0.2) is 0 Å². The molecule has 1 aromatic heterocycles. The van der Waals surface area contributed by atoms with Gasteiger partial charge in [-0.15, -0.1) is 0 Å². The quantitative estimate of drug-likeness (QED) is 0.928. The van der Waals surface area contributed by atoms with Crippen molar-refractivity contribution in [1.82, 2.24) is 10.3 Å². The fourth-order valence-corrected chi connectivity index (χ4v) is 3.37. The number of pyridine rings is 1. The van der Waals surface area contributed by atoms with Gasteiger partial charge in [-0.1, -0.05) is 13.8 Å². The van der Waals surface area contributed by atoms with E-state index in [4.69, 9.17) is 4.74 Å². The van der Waals surface area contributed by atoms with Gasteiger partial charge in [0.25, 0.3) is 0 Å². The van der Waals surface area contributed by atoms with Crippen LogP contribution in [0.15, 0.2) is 18.5 Å². The Balaban J connectivity index is 1.63. The molecule has 2 heterocycles. The molecule has 1 aliphatic carbocycles. The summed E-state index contributed by atoms with van der Waals surface area (Å²) >= 11 is 0. The molecule has 0 spiro atoms. The zero-order valence-corrected chi connectivity index (χ0v) is 13.2. The maximum atomic E-state index is 6.20. The Bertz CT molecular complexity index is 459. The minimum absolute atomic E-state index is 0.358. The van der Waals surface area contributed by atoms with Crippen molar-refractivity contribution in [2.45, 2.75) is 39.2 Å². The zero-order valence-electron chi connectivity index (χ0n) is 13.2. The number of hydrogen-bond donors (Lipinski definition) is 1. The first kappa shape index (κ1) is 14.6. The first-order valence-electron chi connectivity index (χ1n) is 8.30. The van der Waals surface area contributed by atoms with E-state index in [2.05, 4.69) is 35.1 Å². The molecule has 1 saturated carbocycles. The van der Waals surface area contributed by atoms with Gasteiger partial charge in [0.1, 0.15) is 5.75 Å². The van der Waals surface area contributed by atoms with E-state index >= 15 is 0 Å². The van der Waals surface area contributed by atoms with Crippen molar-refractivity contribution in [2.24, 2.45) is 11.8 Å². The first-order valence-corrected chi connectivity index (χ1v) is 8.30. The fraction of sp³-hybridized carbons (Fsp3) is 0.706. The topological polar surface area (TPSA) is 37.4 Å². The Morgan fingerprint density at radius 3 is 2.71 bits per heavy atom. The molecular formula is C17H27N3O. The number of aromatic nitrogens is 1. The number of nitrogens with zero attached hydrogens (tertiary/aromatic N) is 2. The maximum absolute atomic E-state index is 6.20. The molecule has 2 fully saturated rings. The van der Waals surface area contributed by atoms with Crippen molar-refractivity contribution < 1.29 is 4.74 Å². The monoisotopic (exact) mass is 289 g/mol. The van der Waals surface area contributed by atoms with Crippen LogP contribution in [0, 0.1) is 11.8 Å². The molecule has 1 saturated heterocycles. The Hall–Kier alpha value is -1.29. The molecule has 3 atom stereocenters. The third-order valence-corrected chi connectivity index (χ3v) is 5.03. The summed E-state index contributed by atoms with van der Waals surface area (Å²) < 4.78 is 6.20. The molecule has 116 valence electrons. The second-order valence-corrected chi connectivity index (χ2v) is 6.62. The first-order chi connectivity index (χ1) is 10.2. The van der Waals surface area contributed by atoms with Crippen LogP contribution in [0.1, 0.15) is 33.1 Å². The van der Waals surface area contributed by atoms with Gasteiger partial charge in [-0.3, -0.25) is 4.98 Å². The van der Waals surface area contributed by atoms with E-state index in [0.717, 1.165) is 43.8 Å². The van der Waals surface area contributed by atoms with Crippen molar-refractivity contribution in [3.63, 3.8) is 0 Å². The number of ether oxygens (including phenoxy) is 1. The maximum Gasteiger partial charge on any atom is 0.140 e. The molecular weight excluding hydrogens is 262 g/mol. The summed E-state index contributed by atoms with van der Waals surface area (Å²) in [5, 5.41) is 3.38. The van der Waals surface area contributed by atoms with Crippen LogP contribution < -0.4 is 15.0 Å². The van der Waals surface area contributed by atoms with Gasteiger partial charge < -0.3 is 15.0 Å². The zero-order chi connectivity index (χ0) is 14.7. The van der Waals surface area contributed by atoms with Crippen LogP contribution in [0.25, 0.3) is 0 Å². The molecule has 1 aromatic rings. The average molecular weight is 289 g/mol. The van der Waals surface area contributed by atoms with Crippen molar-refractivity contribution in [3.8, 4) is 5.75 Å². The predicted molar refractivity (Wildman–Crippen MR) is 85.9 cm³/mol. The minimum atomic E-state index is 0.358. The van der Waals surface area contributed by atoms with Crippen LogP contribution in [0.3, 0.4) is 0 Å². The van der Waals surface area contributed by atoms with Crippen LogP contribution in [0.5, 0.6) is 5.75 Å². The summed E-state index contributed by atoms with van der Waals surface area (Å²) in [4.78, 5) is 6.75. The van der Waals surface area contributed by atoms with Crippen molar-refractivity contribution in [2.75, 3.05) is 31.1 Å². The van der Waals surface area contributed by atoms with Crippen molar-refractivity contribution in [3.05, 3.63) is 18.5 Å². The van der Waals surface area contributed by atoms with Gasteiger partial charge in [-0.2, -0.15) is 0 Å². The molecule has 21 heavy (non-hydrogen) atoms. The number of rotatable bonds is 3. The van der Waals surface area contributed by atoms with Crippen LogP contribution in [0.2, 0.25) is 0 Å².